The Hall–Kier alpha value is -3.77. The Balaban J connectivity index is 1.99. The van der Waals surface area contributed by atoms with Crippen molar-refractivity contribution in [2.75, 3.05) is 19.1 Å². The van der Waals surface area contributed by atoms with Crippen LogP contribution in [0.2, 0.25) is 0 Å². The molecular weight excluding hydrogens is 542 g/mol. The van der Waals surface area contributed by atoms with Crippen molar-refractivity contribution < 1.29 is 34.1 Å². The quantitative estimate of drug-likeness (QED) is 0.207. The maximum absolute atomic E-state index is 13.3. The van der Waals surface area contributed by atoms with Crippen molar-refractivity contribution >= 4 is 55.8 Å². The molecule has 2 aromatic heterocycles. The number of phenols is 1. The second-order valence-corrected chi connectivity index (χ2v) is 9.19. The third-order valence-corrected chi connectivity index (χ3v) is 7.09. The van der Waals surface area contributed by atoms with E-state index in [1.807, 2.05) is 0 Å². The van der Waals surface area contributed by atoms with Crippen LogP contribution in [0.1, 0.15) is 32.5 Å². The van der Waals surface area contributed by atoms with Crippen LogP contribution in [0.4, 0.5) is 5.13 Å². The predicted molar refractivity (Wildman–Crippen MR) is 130 cm³/mol. The number of methoxy groups -OCH3 is 2. The Morgan fingerprint density at radius 1 is 1.20 bits per heavy atom. The number of amides is 1. The number of aliphatic hydroxyl groups excluding tert-OH is 1. The molecule has 35 heavy (non-hydrogen) atoms. The van der Waals surface area contributed by atoms with E-state index in [0.717, 1.165) is 16.2 Å². The first-order valence-electron chi connectivity index (χ1n) is 10.0. The molecule has 1 aromatic carbocycles. The van der Waals surface area contributed by atoms with Crippen LogP contribution in [-0.4, -0.2) is 52.1 Å². The van der Waals surface area contributed by atoms with Gasteiger partial charge in [0.05, 0.1) is 36.0 Å². The average molecular weight is 560 g/mol. The van der Waals surface area contributed by atoms with Crippen molar-refractivity contribution in [3.63, 3.8) is 0 Å². The summed E-state index contributed by atoms with van der Waals surface area (Å²) in [4.78, 5) is 48.2. The highest BCUT2D eigenvalue weighted by Crippen LogP contribution is 2.47. The maximum atomic E-state index is 13.3. The number of phenolic OH excluding ortho intramolecular Hbond substituents is 1. The normalized spacial score (nSPS) is 17.0. The van der Waals surface area contributed by atoms with Crippen molar-refractivity contribution in [1.82, 2.24) is 9.97 Å². The van der Waals surface area contributed by atoms with Gasteiger partial charge in [0, 0.05) is 18.0 Å². The summed E-state index contributed by atoms with van der Waals surface area (Å²) in [6, 6.07) is 4.80. The summed E-state index contributed by atoms with van der Waals surface area (Å²) >= 11 is 4.14. The zero-order valence-electron chi connectivity index (χ0n) is 18.6. The minimum atomic E-state index is -1.15. The number of ether oxygens (including phenoxy) is 2. The first kappa shape index (κ1) is 24.4. The van der Waals surface area contributed by atoms with Crippen LogP contribution in [0.25, 0.3) is 5.76 Å². The van der Waals surface area contributed by atoms with Crippen molar-refractivity contribution in [3.05, 3.63) is 68.4 Å². The van der Waals surface area contributed by atoms with Gasteiger partial charge in [-0.2, -0.15) is 0 Å². The van der Waals surface area contributed by atoms with Crippen molar-refractivity contribution in [2.45, 2.75) is 13.0 Å². The van der Waals surface area contributed by atoms with Crippen LogP contribution in [0.15, 0.2) is 46.7 Å². The standard InChI is InChI=1S/C23H18BrN3O7S/c1-10-20(22(32)34-3)35-23(26-10)27-16(12-8-13(24)18(29)14(9-12)33-2)15(19(30)21(27)31)17(28)11-4-6-25-7-5-11/h4-9,16,28-29H,1-3H3/b17-15+. The Morgan fingerprint density at radius 3 is 2.51 bits per heavy atom. The van der Waals surface area contributed by atoms with Crippen LogP contribution in [-0.2, 0) is 14.3 Å². The summed E-state index contributed by atoms with van der Waals surface area (Å²) in [5.41, 5.74) is 0.733. The van der Waals surface area contributed by atoms with E-state index in [4.69, 9.17) is 9.47 Å². The molecule has 4 rings (SSSR count). The Morgan fingerprint density at radius 2 is 1.89 bits per heavy atom. The van der Waals surface area contributed by atoms with Gasteiger partial charge in [-0.25, -0.2) is 9.78 Å². The van der Waals surface area contributed by atoms with E-state index >= 15 is 0 Å². The third-order valence-electron chi connectivity index (χ3n) is 5.35. The minimum absolute atomic E-state index is 0.0620. The van der Waals surface area contributed by atoms with Gasteiger partial charge in [0.25, 0.3) is 5.78 Å². The molecule has 0 radical (unpaired) electrons. The smallest absolute Gasteiger partial charge is 0.350 e. The van der Waals surface area contributed by atoms with Crippen LogP contribution >= 0.6 is 27.3 Å². The van der Waals surface area contributed by atoms with Gasteiger partial charge in [-0.3, -0.25) is 19.5 Å². The molecular formula is C23H18BrN3O7S. The summed E-state index contributed by atoms with van der Waals surface area (Å²) in [5.74, 6) is -3.04. The number of carbonyl (C=O) groups is 3. The van der Waals surface area contributed by atoms with Crippen LogP contribution in [0.5, 0.6) is 11.5 Å². The molecule has 12 heteroatoms. The molecule has 180 valence electrons. The summed E-state index contributed by atoms with van der Waals surface area (Å²) < 4.78 is 10.3. The van der Waals surface area contributed by atoms with Crippen molar-refractivity contribution in [2.24, 2.45) is 0 Å². The topological polar surface area (TPSA) is 139 Å². The fourth-order valence-corrected chi connectivity index (χ4v) is 5.16. The van der Waals surface area contributed by atoms with Gasteiger partial charge in [0.1, 0.15) is 10.6 Å². The number of aryl methyl sites for hydroxylation is 1. The maximum Gasteiger partial charge on any atom is 0.350 e. The number of esters is 1. The summed E-state index contributed by atoms with van der Waals surface area (Å²) in [5, 5.41) is 21.5. The molecule has 1 saturated heterocycles. The first-order valence-corrected chi connectivity index (χ1v) is 11.6. The number of carbonyl (C=O) groups excluding carboxylic acids is 3. The summed E-state index contributed by atoms with van der Waals surface area (Å²) in [6.45, 7) is 1.58. The average Bonchev–Trinajstić information content (AvgIpc) is 3.37. The number of aliphatic hydroxyl groups is 1. The molecule has 0 spiro atoms. The fraction of sp³-hybridized carbons (Fsp3) is 0.174. The number of aromatic hydroxyl groups is 1. The Kier molecular flexibility index (Phi) is 6.59. The SMILES string of the molecule is COC(=O)c1sc(N2C(=O)C(=O)/C(=C(/O)c3ccncc3)C2c2cc(Br)c(O)c(OC)c2)nc1C. The van der Waals surface area contributed by atoms with Gasteiger partial charge in [-0.1, -0.05) is 11.3 Å². The first-order chi connectivity index (χ1) is 16.7. The van der Waals surface area contributed by atoms with Gasteiger partial charge in [0.15, 0.2) is 16.6 Å². The number of pyridine rings is 1. The molecule has 1 unspecified atom stereocenters. The molecule has 1 fully saturated rings. The summed E-state index contributed by atoms with van der Waals surface area (Å²) in [6.07, 6.45) is 2.88. The molecule has 1 aliphatic rings. The zero-order chi connectivity index (χ0) is 25.4. The van der Waals surface area contributed by atoms with Crippen LogP contribution in [0.3, 0.4) is 0 Å². The van der Waals surface area contributed by atoms with E-state index in [1.54, 1.807) is 6.92 Å². The zero-order valence-corrected chi connectivity index (χ0v) is 21.0. The molecule has 1 aliphatic heterocycles. The van der Waals surface area contributed by atoms with E-state index < -0.39 is 29.5 Å². The highest BCUT2D eigenvalue weighted by atomic mass is 79.9. The molecule has 10 nitrogen and oxygen atoms in total. The fourth-order valence-electron chi connectivity index (χ4n) is 3.69. The number of aromatic nitrogens is 2. The molecule has 1 atom stereocenters. The minimum Gasteiger partial charge on any atom is -0.507 e. The number of Topliss-reactive ketones (excluding diaryl/α,β-unsaturated/α-hetero) is 1. The van der Waals surface area contributed by atoms with Crippen LogP contribution in [0, 0.1) is 6.92 Å². The number of nitrogens with zero attached hydrogens (tertiary/aromatic N) is 3. The molecule has 3 aromatic rings. The molecule has 2 N–H and O–H groups in total. The number of benzene rings is 1. The van der Waals surface area contributed by atoms with E-state index in [9.17, 15) is 24.6 Å². The van der Waals surface area contributed by atoms with E-state index in [2.05, 4.69) is 25.9 Å². The van der Waals surface area contributed by atoms with Gasteiger partial charge >= 0.3 is 11.9 Å². The van der Waals surface area contributed by atoms with Gasteiger partial charge < -0.3 is 19.7 Å². The van der Waals surface area contributed by atoms with E-state index in [0.29, 0.717) is 11.3 Å². The highest BCUT2D eigenvalue weighted by molar-refractivity contribution is 9.10. The Labute approximate surface area is 211 Å². The number of ketones is 1. The molecule has 0 aliphatic carbocycles. The van der Waals surface area contributed by atoms with Crippen molar-refractivity contribution in [1.29, 1.82) is 0 Å². The van der Waals surface area contributed by atoms with E-state index in [-0.39, 0.29) is 37.1 Å². The Bertz CT molecular complexity index is 1390. The lowest BCUT2D eigenvalue weighted by Gasteiger charge is -2.24. The van der Waals surface area contributed by atoms with Crippen LogP contribution < -0.4 is 9.64 Å². The second kappa shape index (κ2) is 9.47. The second-order valence-electron chi connectivity index (χ2n) is 7.36. The summed E-state index contributed by atoms with van der Waals surface area (Å²) in [7, 11) is 2.58. The third kappa shape index (κ3) is 4.15. The van der Waals surface area contributed by atoms with Gasteiger partial charge in [0.2, 0.25) is 0 Å². The van der Waals surface area contributed by atoms with Gasteiger partial charge in [-0.15, -0.1) is 0 Å². The highest BCUT2D eigenvalue weighted by Gasteiger charge is 2.48. The lowest BCUT2D eigenvalue weighted by atomic mass is 9.95. The largest absolute Gasteiger partial charge is 0.507 e. The molecule has 1 amide bonds. The number of thiazole rings is 1. The number of hydrogen-bond acceptors (Lipinski definition) is 10. The van der Waals surface area contributed by atoms with E-state index in [1.165, 1.54) is 50.9 Å². The van der Waals surface area contributed by atoms with Crippen molar-refractivity contribution in [3.8, 4) is 11.5 Å². The predicted octanol–water partition coefficient (Wildman–Crippen LogP) is 3.74. The number of anilines is 1. The molecule has 0 bridgehead atoms. The lowest BCUT2D eigenvalue weighted by molar-refractivity contribution is -0.132. The number of rotatable bonds is 5. The lowest BCUT2D eigenvalue weighted by Crippen LogP contribution is -2.29. The monoisotopic (exact) mass is 559 g/mol. The number of hydrogen-bond donors (Lipinski definition) is 2. The van der Waals surface area contributed by atoms with Gasteiger partial charge in [-0.05, 0) is 52.7 Å². The molecule has 3 heterocycles. The number of halogens is 1. The molecule has 0 saturated carbocycles.